The minimum Gasteiger partial charge on any atom is -0.396 e. The number of aliphatic hydroxyl groups is 1. The van der Waals surface area contributed by atoms with Crippen LogP contribution >= 0.6 is 0 Å². The number of aryl methyl sites for hydroxylation is 1. The quantitative estimate of drug-likeness (QED) is 0.357. The molecule has 3 N–H and O–H groups in total. The van der Waals surface area contributed by atoms with Crippen LogP contribution in [0.15, 0.2) is 72.9 Å². The van der Waals surface area contributed by atoms with E-state index in [2.05, 4.69) is 22.8 Å². The number of amides is 1. The van der Waals surface area contributed by atoms with Crippen molar-refractivity contribution >= 4 is 33.8 Å². The van der Waals surface area contributed by atoms with Crippen molar-refractivity contribution < 1.29 is 9.90 Å². The lowest BCUT2D eigenvalue weighted by atomic mass is 10.2. The standard InChI is InChI=1S/C25H24N6O2/c1-17-15-19-20(27-23(33)12-14-32)9-5-10-21(19)31(17)25-28-24(22-11-6-13-30(22)29-25)26-16-18-7-3-2-4-8-18/h2-11,13,15,32H,12,14,16H2,1H3,(H,27,33)(H,26,28,29). The summed E-state index contributed by atoms with van der Waals surface area (Å²) in [6.07, 6.45) is 1.95. The van der Waals surface area contributed by atoms with E-state index in [9.17, 15) is 4.79 Å². The Morgan fingerprint density at radius 1 is 1.03 bits per heavy atom. The number of anilines is 2. The predicted octanol–water partition coefficient (Wildman–Crippen LogP) is 3.91. The number of nitrogens with one attached hydrogen (secondary N) is 2. The lowest BCUT2D eigenvalue weighted by Crippen LogP contribution is -2.13. The highest BCUT2D eigenvalue weighted by Crippen LogP contribution is 2.29. The van der Waals surface area contributed by atoms with E-state index in [4.69, 9.17) is 15.2 Å². The normalized spacial score (nSPS) is 11.2. The van der Waals surface area contributed by atoms with Crippen LogP contribution in [0.2, 0.25) is 0 Å². The van der Waals surface area contributed by atoms with Gasteiger partial charge in [-0.2, -0.15) is 4.98 Å². The first-order valence-electron chi connectivity index (χ1n) is 10.8. The number of rotatable bonds is 7. The van der Waals surface area contributed by atoms with E-state index in [0.717, 1.165) is 33.5 Å². The summed E-state index contributed by atoms with van der Waals surface area (Å²) in [5.74, 6) is 1.04. The van der Waals surface area contributed by atoms with Gasteiger partial charge in [0.2, 0.25) is 5.91 Å². The average molecular weight is 441 g/mol. The second-order valence-corrected chi connectivity index (χ2v) is 7.82. The fourth-order valence-corrected chi connectivity index (χ4v) is 3.98. The number of benzene rings is 2. The van der Waals surface area contributed by atoms with Crippen LogP contribution in [0.4, 0.5) is 11.5 Å². The number of aliphatic hydroxyl groups excluding tert-OH is 1. The molecule has 8 nitrogen and oxygen atoms in total. The molecule has 3 aromatic heterocycles. The summed E-state index contributed by atoms with van der Waals surface area (Å²) in [4.78, 5) is 16.9. The van der Waals surface area contributed by atoms with Gasteiger partial charge in [-0.3, -0.25) is 9.36 Å². The molecule has 0 aliphatic heterocycles. The summed E-state index contributed by atoms with van der Waals surface area (Å²) in [6, 6.07) is 21.8. The maximum atomic E-state index is 12.1. The summed E-state index contributed by atoms with van der Waals surface area (Å²) < 4.78 is 3.79. The maximum Gasteiger partial charge on any atom is 0.254 e. The number of nitrogens with zero attached hydrogens (tertiary/aromatic N) is 4. The Morgan fingerprint density at radius 2 is 1.85 bits per heavy atom. The Bertz CT molecular complexity index is 1440. The van der Waals surface area contributed by atoms with Gasteiger partial charge in [0.25, 0.3) is 5.95 Å². The van der Waals surface area contributed by atoms with Crippen molar-refractivity contribution in [2.75, 3.05) is 17.2 Å². The molecule has 0 radical (unpaired) electrons. The second kappa shape index (κ2) is 8.76. The molecule has 5 aromatic rings. The zero-order valence-corrected chi connectivity index (χ0v) is 18.2. The molecule has 3 heterocycles. The topological polar surface area (TPSA) is 96.5 Å². The molecule has 0 unspecified atom stereocenters. The van der Waals surface area contributed by atoms with Gasteiger partial charge in [0.15, 0.2) is 5.82 Å². The maximum absolute atomic E-state index is 12.1. The molecule has 0 saturated carbocycles. The summed E-state index contributed by atoms with van der Waals surface area (Å²) in [6.45, 7) is 2.44. The van der Waals surface area contributed by atoms with Crippen LogP contribution in [0.3, 0.4) is 0 Å². The second-order valence-electron chi connectivity index (χ2n) is 7.82. The third-order valence-corrected chi connectivity index (χ3v) is 5.53. The van der Waals surface area contributed by atoms with Crippen LogP contribution < -0.4 is 10.6 Å². The predicted molar refractivity (Wildman–Crippen MR) is 129 cm³/mol. The Kier molecular flexibility index (Phi) is 5.50. The van der Waals surface area contributed by atoms with E-state index in [1.807, 2.05) is 76.8 Å². The molecular formula is C25H24N6O2. The van der Waals surface area contributed by atoms with Gasteiger partial charge in [0, 0.05) is 23.8 Å². The Labute approximate surface area is 190 Å². The molecular weight excluding hydrogens is 416 g/mol. The Hall–Kier alpha value is -4.17. The summed E-state index contributed by atoms with van der Waals surface area (Å²) in [5.41, 5.74) is 4.57. The molecule has 5 rings (SSSR count). The van der Waals surface area contributed by atoms with Crippen LogP contribution in [0.1, 0.15) is 17.7 Å². The Balaban J connectivity index is 1.57. The van der Waals surface area contributed by atoms with Crippen LogP contribution in [0.5, 0.6) is 0 Å². The molecule has 0 bridgehead atoms. The van der Waals surface area contributed by atoms with Crippen molar-refractivity contribution in [3.05, 3.63) is 84.2 Å². The third-order valence-electron chi connectivity index (χ3n) is 5.53. The third kappa shape index (κ3) is 4.04. The average Bonchev–Trinajstić information content (AvgIpc) is 3.42. The number of fused-ring (bicyclic) bond motifs is 2. The van der Waals surface area contributed by atoms with E-state index in [0.29, 0.717) is 18.2 Å². The molecule has 8 heteroatoms. The van der Waals surface area contributed by atoms with E-state index >= 15 is 0 Å². The fourth-order valence-electron chi connectivity index (χ4n) is 3.98. The molecule has 1 amide bonds. The summed E-state index contributed by atoms with van der Waals surface area (Å²) >= 11 is 0. The molecule has 0 fully saturated rings. The zero-order valence-electron chi connectivity index (χ0n) is 18.2. The van der Waals surface area contributed by atoms with Gasteiger partial charge in [-0.1, -0.05) is 36.4 Å². The first-order chi connectivity index (χ1) is 16.1. The molecule has 2 aromatic carbocycles. The highest BCUT2D eigenvalue weighted by molar-refractivity contribution is 6.02. The highest BCUT2D eigenvalue weighted by atomic mass is 16.3. The van der Waals surface area contributed by atoms with Crippen LogP contribution in [-0.2, 0) is 11.3 Å². The number of hydrogen-bond acceptors (Lipinski definition) is 5. The molecule has 0 spiro atoms. The number of aromatic nitrogens is 4. The van der Waals surface area contributed by atoms with Crippen molar-refractivity contribution in [3.63, 3.8) is 0 Å². The van der Waals surface area contributed by atoms with Crippen molar-refractivity contribution in [2.24, 2.45) is 0 Å². The van der Waals surface area contributed by atoms with E-state index in [-0.39, 0.29) is 18.9 Å². The van der Waals surface area contributed by atoms with Crippen LogP contribution in [0, 0.1) is 6.92 Å². The van der Waals surface area contributed by atoms with Gasteiger partial charge in [-0.05, 0) is 42.8 Å². The highest BCUT2D eigenvalue weighted by Gasteiger charge is 2.16. The van der Waals surface area contributed by atoms with E-state index < -0.39 is 0 Å². The smallest absolute Gasteiger partial charge is 0.254 e. The van der Waals surface area contributed by atoms with Crippen molar-refractivity contribution in [1.29, 1.82) is 0 Å². The van der Waals surface area contributed by atoms with Gasteiger partial charge in [0.1, 0.15) is 5.52 Å². The number of hydrogen-bond donors (Lipinski definition) is 3. The van der Waals surface area contributed by atoms with E-state index in [1.54, 1.807) is 0 Å². The van der Waals surface area contributed by atoms with Gasteiger partial charge in [-0.15, -0.1) is 5.10 Å². The summed E-state index contributed by atoms with van der Waals surface area (Å²) in [5, 5.41) is 21.0. The van der Waals surface area contributed by atoms with Crippen LogP contribution in [0.25, 0.3) is 22.4 Å². The lowest BCUT2D eigenvalue weighted by Gasteiger charge is -2.12. The SMILES string of the molecule is Cc1cc2c(NC(=O)CCO)cccc2n1-c1nc(NCc2ccccc2)c2cccn2n1. The first kappa shape index (κ1) is 20.7. The number of carbonyl (C=O) groups is 1. The molecule has 0 aliphatic carbocycles. The Morgan fingerprint density at radius 3 is 2.67 bits per heavy atom. The molecule has 0 atom stereocenters. The fraction of sp³-hybridized carbons (Fsp3) is 0.160. The molecule has 0 saturated heterocycles. The summed E-state index contributed by atoms with van der Waals surface area (Å²) in [7, 11) is 0. The molecule has 0 aliphatic rings. The largest absolute Gasteiger partial charge is 0.396 e. The van der Waals surface area contributed by atoms with Gasteiger partial charge in [0.05, 0.1) is 24.2 Å². The van der Waals surface area contributed by atoms with Crippen molar-refractivity contribution in [2.45, 2.75) is 19.9 Å². The van der Waals surface area contributed by atoms with Gasteiger partial charge >= 0.3 is 0 Å². The van der Waals surface area contributed by atoms with Crippen LogP contribution in [-0.4, -0.2) is 36.8 Å². The number of carbonyl (C=O) groups excluding carboxylic acids is 1. The zero-order chi connectivity index (χ0) is 22.8. The minimum atomic E-state index is -0.229. The monoisotopic (exact) mass is 440 g/mol. The van der Waals surface area contributed by atoms with Crippen molar-refractivity contribution in [3.8, 4) is 5.95 Å². The van der Waals surface area contributed by atoms with Crippen molar-refractivity contribution in [1.82, 2.24) is 19.2 Å². The lowest BCUT2D eigenvalue weighted by molar-refractivity contribution is -0.116. The van der Waals surface area contributed by atoms with E-state index in [1.165, 1.54) is 0 Å². The van der Waals surface area contributed by atoms with Gasteiger partial charge < -0.3 is 15.7 Å². The van der Waals surface area contributed by atoms with Gasteiger partial charge in [-0.25, -0.2) is 4.52 Å². The minimum absolute atomic E-state index is 0.0555. The molecule has 33 heavy (non-hydrogen) atoms. The molecule has 166 valence electrons. The first-order valence-corrected chi connectivity index (χ1v) is 10.8.